The maximum Gasteiger partial charge on any atom is 0.108 e. The number of hydrogen-bond acceptors (Lipinski definition) is 2. The van der Waals surface area contributed by atoms with E-state index in [1.165, 1.54) is 61.5 Å². The Morgan fingerprint density at radius 1 is 0.759 bits per heavy atom. The summed E-state index contributed by atoms with van der Waals surface area (Å²) in [5.41, 5.74) is 15.1. The molecule has 4 heteroatoms. The highest BCUT2D eigenvalue weighted by atomic mass is 15.0. The van der Waals surface area contributed by atoms with Crippen LogP contribution in [0.5, 0.6) is 0 Å². The Hall–Kier alpha value is -6.26. The maximum absolute atomic E-state index is 4.01. The Morgan fingerprint density at radius 3 is 2.46 bits per heavy atom. The van der Waals surface area contributed by atoms with Crippen LogP contribution in [0.4, 0.5) is 5.82 Å². The third kappa shape index (κ3) is 6.39. The van der Waals surface area contributed by atoms with Gasteiger partial charge in [-0.25, -0.2) is 0 Å². The molecule has 4 N–H and O–H groups in total. The monoisotopic (exact) mass is 702 g/mol. The van der Waals surface area contributed by atoms with Gasteiger partial charge in [-0.05, 0) is 95.4 Å². The van der Waals surface area contributed by atoms with E-state index in [-0.39, 0.29) is 6.04 Å². The molecule has 2 aromatic carbocycles. The summed E-state index contributed by atoms with van der Waals surface area (Å²) in [7, 11) is 0. The molecule has 2 aromatic heterocycles. The second kappa shape index (κ2) is 15.0. The number of allylic oxidation sites excluding steroid dienone is 18. The number of anilines is 1. The highest BCUT2D eigenvalue weighted by Crippen LogP contribution is 2.58. The van der Waals surface area contributed by atoms with Crippen molar-refractivity contribution in [3.8, 4) is 0 Å². The van der Waals surface area contributed by atoms with Gasteiger partial charge in [-0.2, -0.15) is 0 Å². The van der Waals surface area contributed by atoms with Crippen molar-refractivity contribution in [2.75, 3.05) is 5.32 Å². The van der Waals surface area contributed by atoms with Crippen LogP contribution in [-0.2, 0) is 11.8 Å². The van der Waals surface area contributed by atoms with Gasteiger partial charge in [0.15, 0.2) is 0 Å². The zero-order valence-corrected chi connectivity index (χ0v) is 30.6. The number of nitrogens with one attached hydrogen (secondary N) is 4. The fourth-order valence-corrected chi connectivity index (χ4v) is 8.92. The lowest BCUT2D eigenvalue weighted by Crippen LogP contribution is -2.32. The largest absolute Gasteiger partial charge is 0.379 e. The van der Waals surface area contributed by atoms with E-state index < -0.39 is 5.41 Å². The number of rotatable bonds is 7. The standard InChI is InChI=1S/C50H46N4/c1-2-10-21-38(22-11-3-1)50(39-23-12-5-13-24-39)46-28-16-6-15-27-43(46)45-34-48(54-49(45)50)53-41-32-36(31-40-25-18-30-51-40)33-44-42(37-19-8-4-9-20-37)26-14-7-17-29-47(44)52-35-41/h1-6,8-10,12-20,22-27,29-30,32,34-35,47,51-54H,7,11,21,28,31,33H2/b3-1-,10-2-,26-14-,29-17-,36-32?,38-22+,41-35?,44-42?. The van der Waals surface area contributed by atoms with Crippen molar-refractivity contribution >= 4 is 17.0 Å². The smallest absolute Gasteiger partial charge is 0.108 e. The number of aromatic nitrogens is 2. The van der Waals surface area contributed by atoms with Crippen molar-refractivity contribution in [1.29, 1.82) is 0 Å². The minimum atomic E-state index is -0.409. The molecular weight excluding hydrogens is 657 g/mol. The van der Waals surface area contributed by atoms with Crippen LogP contribution in [0.25, 0.3) is 11.1 Å². The second-order valence-electron chi connectivity index (χ2n) is 14.6. The molecule has 266 valence electrons. The summed E-state index contributed by atoms with van der Waals surface area (Å²) < 4.78 is 0. The van der Waals surface area contributed by atoms with Gasteiger partial charge in [0.2, 0.25) is 0 Å². The molecule has 0 radical (unpaired) electrons. The van der Waals surface area contributed by atoms with E-state index in [2.05, 4.69) is 191 Å². The van der Waals surface area contributed by atoms with Crippen LogP contribution >= 0.6 is 0 Å². The van der Waals surface area contributed by atoms with Crippen LogP contribution < -0.4 is 10.6 Å². The fraction of sp³-hybridized carbons (Fsp3) is 0.160. The van der Waals surface area contributed by atoms with Gasteiger partial charge in [0.05, 0.1) is 17.2 Å². The van der Waals surface area contributed by atoms with Gasteiger partial charge in [0, 0.05) is 35.8 Å². The van der Waals surface area contributed by atoms with Crippen LogP contribution in [0.15, 0.2) is 204 Å². The molecule has 4 nitrogen and oxygen atoms in total. The topological polar surface area (TPSA) is 55.6 Å². The molecule has 9 rings (SSSR count). The zero-order valence-electron chi connectivity index (χ0n) is 30.6. The first-order chi connectivity index (χ1) is 26.8. The first-order valence-electron chi connectivity index (χ1n) is 19.3. The van der Waals surface area contributed by atoms with Gasteiger partial charge in [-0.1, -0.05) is 145 Å². The van der Waals surface area contributed by atoms with Gasteiger partial charge < -0.3 is 20.6 Å². The first-order valence-corrected chi connectivity index (χ1v) is 19.3. The predicted molar refractivity (Wildman–Crippen MR) is 226 cm³/mol. The van der Waals surface area contributed by atoms with Crippen molar-refractivity contribution in [3.05, 3.63) is 232 Å². The molecule has 0 saturated heterocycles. The summed E-state index contributed by atoms with van der Waals surface area (Å²) in [6, 6.07) is 28.6. The molecule has 2 atom stereocenters. The van der Waals surface area contributed by atoms with Gasteiger partial charge in [-0.3, -0.25) is 0 Å². The summed E-state index contributed by atoms with van der Waals surface area (Å²) in [6.45, 7) is 0. The molecular formula is C50H46N4. The van der Waals surface area contributed by atoms with E-state index in [1.54, 1.807) is 0 Å². The highest BCUT2D eigenvalue weighted by molar-refractivity contribution is 5.91. The average Bonchev–Trinajstić information content (AvgIpc) is 3.84. The number of hydrogen-bond donors (Lipinski definition) is 4. The Kier molecular flexibility index (Phi) is 9.32. The van der Waals surface area contributed by atoms with Gasteiger partial charge >= 0.3 is 0 Å². The van der Waals surface area contributed by atoms with Crippen molar-refractivity contribution in [1.82, 2.24) is 15.3 Å². The average molecular weight is 703 g/mol. The fourth-order valence-electron chi connectivity index (χ4n) is 8.92. The highest BCUT2D eigenvalue weighted by Gasteiger charge is 2.49. The quantitative estimate of drug-likeness (QED) is 0.145. The molecule has 0 bridgehead atoms. The number of aromatic amines is 2. The SMILES string of the molecule is C1=CCC2=C(C=C1)c1cc(NC3=CNC4/C=C\C/C=C\C(c5ccccc5)=C4CC(Cc4ccc[nH]4)=C3)[nH]c1C2(/C1=C/C/C=C\C=C/C1)c1ccccc1. The van der Waals surface area contributed by atoms with Crippen molar-refractivity contribution < 1.29 is 0 Å². The Balaban J connectivity index is 1.16. The summed E-state index contributed by atoms with van der Waals surface area (Å²) in [5, 5.41) is 7.70. The van der Waals surface area contributed by atoms with Gasteiger partial charge in [0.25, 0.3) is 0 Å². The van der Waals surface area contributed by atoms with E-state index in [1.807, 2.05) is 6.20 Å². The van der Waals surface area contributed by atoms with Gasteiger partial charge in [-0.15, -0.1) is 0 Å². The zero-order chi connectivity index (χ0) is 36.2. The van der Waals surface area contributed by atoms with Crippen LogP contribution in [0.1, 0.15) is 60.2 Å². The molecule has 0 fully saturated rings. The minimum Gasteiger partial charge on any atom is -0.379 e. The lowest BCUT2D eigenvalue weighted by atomic mass is 9.66. The molecule has 5 aliphatic rings. The van der Waals surface area contributed by atoms with Crippen LogP contribution in [-0.4, -0.2) is 16.0 Å². The Bertz CT molecular complexity index is 2360. The normalized spacial score (nSPS) is 25.3. The third-order valence-corrected chi connectivity index (χ3v) is 11.2. The second-order valence-corrected chi connectivity index (χ2v) is 14.6. The molecule has 54 heavy (non-hydrogen) atoms. The summed E-state index contributed by atoms with van der Waals surface area (Å²) >= 11 is 0. The van der Waals surface area contributed by atoms with E-state index in [0.717, 1.165) is 50.0 Å². The molecule has 0 saturated carbocycles. The first kappa shape index (κ1) is 33.6. The van der Waals surface area contributed by atoms with Gasteiger partial charge in [0.1, 0.15) is 5.82 Å². The number of benzene rings is 2. The summed E-state index contributed by atoms with van der Waals surface area (Å²) in [4.78, 5) is 7.48. The molecule has 3 heterocycles. The van der Waals surface area contributed by atoms with Crippen molar-refractivity contribution in [2.24, 2.45) is 0 Å². The van der Waals surface area contributed by atoms with E-state index in [9.17, 15) is 0 Å². The summed E-state index contributed by atoms with van der Waals surface area (Å²) in [6.07, 6.45) is 41.4. The van der Waals surface area contributed by atoms with Crippen LogP contribution in [0.2, 0.25) is 0 Å². The minimum absolute atomic E-state index is 0.0541. The Morgan fingerprint density at radius 2 is 1.59 bits per heavy atom. The number of fused-ring (bicyclic) bond motifs is 3. The van der Waals surface area contributed by atoms with E-state index >= 15 is 0 Å². The van der Waals surface area contributed by atoms with Crippen molar-refractivity contribution in [2.45, 2.75) is 50.0 Å². The third-order valence-electron chi connectivity index (χ3n) is 11.2. The lowest BCUT2D eigenvalue weighted by molar-refractivity contribution is 0.667. The van der Waals surface area contributed by atoms with Crippen LogP contribution in [0, 0.1) is 0 Å². The molecule has 4 aliphatic carbocycles. The van der Waals surface area contributed by atoms with E-state index in [4.69, 9.17) is 0 Å². The van der Waals surface area contributed by atoms with E-state index in [0.29, 0.717) is 0 Å². The molecule has 0 spiro atoms. The summed E-state index contributed by atoms with van der Waals surface area (Å²) in [5.74, 6) is 0.986. The number of H-pyrrole nitrogens is 2. The molecule has 1 aliphatic heterocycles. The molecule has 0 amide bonds. The Labute approximate surface area is 318 Å². The van der Waals surface area contributed by atoms with Crippen molar-refractivity contribution in [3.63, 3.8) is 0 Å². The van der Waals surface area contributed by atoms with Crippen LogP contribution in [0.3, 0.4) is 0 Å². The molecule has 2 unspecified atom stereocenters. The lowest BCUT2D eigenvalue weighted by Gasteiger charge is -2.37. The maximum atomic E-state index is 4.01. The molecule has 4 aromatic rings. The predicted octanol–water partition coefficient (Wildman–Crippen LogP) is 11.5.